The number of benzene rings is 2. The van der Waals surface area contributed by atoms with Crippen LogP contribution in [0, 0.1) is 10.1 Å². The third-order valence-electron chi connectivity index (χ3n) is 4.23. The van der Waals surface area contributed by atoms with Crippen LogP contribution in [0.1, 0.15) is 36.6 Å². The molecule has 156 valence electrons. The highest BCUT2D eigenvalue weighted by molar-refractivity contribution is 6.17. The average Bonchev–Trinajstić information content (AvgIpc) is 3.20. The highest BCUT2D eigenvalue weighted by atomic mass is 16.6. The highest BCUT2D eigenvalue weighted by Gasteiger charge is 2.41. The molecule has 2 aromatic carbocycles. The van der Waals surface area contributed by atoms with Crippen molar-refractivity contribution in [3.8, 4) is 23.0 Å². The van der Waals surface area contributed by atoms with Gasteiger partial charge in [-0.05, 0) is 18.2 Å². The van der Waals surface area contributed by atoms with Gasteiger partial charge >= 0.3 is 23.6 Å². The Bertz CT molecular complexity index is 1110. The molecule has 2 heterocycles. The number of fused-ring (bicyclic) bond motifs is 2. The second-order valence-electron chi connectivity index (χ2n) is 5.89. The molecule has 12 nitrogen and oxygen atoms in total. The number of nitro groups is 1. The van der Waals surface area contributed by atoms with Gasteiger partial charge in [0.1, 0.15) is 6.61 Å². The van der Waals surface area contributed by atoms with Gasteiger partial charge in [-0.1, -0.05) is 0 Å². The molecule has 0 amide bonds. The number of phenolic OH excluding ortho intramolecular Hbond substituents is 2. The summed E-state index contributed by atoms with van der Waals surface area (Å²) in [5, 5.41) is 29.0. The lowest BCUT2D eigenvalue weighted by Crippen LogP contribution is -2.01. The first-order chi connectivity index (χ1) is 14.2. The number of rotatable bonds is 3. The van der Waals surface area contributed by atoms with E-state index in [0.29, 0.717) is 23.7 Å². The SMILES string of the molecule is COc1cc2c(cc1OC)C(=O)OC2.O=C1OC(=O)c2c1cc(O)c(O)c2[N+](=O)[O-]. The molecule has 2 aliphatic rings. The average molecular weight is 419 g/mol. The summed E-state index contributed by atoms with van der Waals surface area (Å²) in [5.41, 5.74) is -0.724. The molecule has 12 heteroatoms. The summed E-state index contributed by atoms with van der Waals surface area (Å²) >= 11 is 0. The summed E-state index contributed by atoms with van der Waals surface area (Å²) < 4.78 is 19.2. The van der Waals surface area contributed by atoms with Crippen LogP contribution in [0.25, 0.3) is 0 Å². The Morgan fingerprint density at radius 3 is 2.20 bits per heavy atom. The van der Waals surface area contributed by atoms with Crippen LogP contribution >= 0.6 is 0 Å². The van der Waals surface area contributed by atoms with Crippen LogP contribution < -0.4 is 9.47 Å². The molecular formula is C18H13NO11. The Balaban J connectivity index is 0.000000172. The summed E-state index contributed by atoms with van der Waals surface area (Å²) in [6.07, 6.45) is 0. The van der Waals surface area contributed by atoms with E-state index in [9.17, 15) is 29.6 Å². The van der Waals surface area contributed by atoms with Crippen molar-refractivity contribution in [3.63, 3.8) is 0 Å². The van der Waals surface area contributed by atoms with E-state index in [1.54, 1.807) is 19.2 Å². The quantitative estimate of drug-likeness (QED) is 0.244. The Kier molecular flexibility index (Phi) is 5.15. The first kappa shape index (κ1) is 20.4. The van der Waals surface area contributed by atoms with Crippen molar-refractivity contribution < 1.29 is 48.5 Å². The minimum atomic E-state index is -1.22. The van der Waals surface area contributed by atoms with Crippen LogP contribution in [-0.4, -0.2) is 47.3 Å². The molecule has 2 aromatic rings. The predicted octanol–water partition coefficient (Wildman–Crippen LogP) is 1.69. The molecule has 0 radical (unpaired) electrons. The molecule has 2 aliphatic heterocycles. The van der Waals surface area contributed by atoms with Gasteiger partial charge in [0.15, 0.2) is 22.8 Å². The summed E-state index contributed by atoms with van der Waals surface area (Å²) in [7, 11) is 3.09. The molecule has 0 spiro atoms. The van der Waals surface area contributed by atoms with E-state index in [1.165, 1.54) is 7.11 Å². The largest absolute Gasteiger partial charge is 0.504 e. The zero-order valence-corrected chi connectivity index (χ0v) is 15.5. The van der Waals surface area contributed by atoms with Crippen LogP contribution in [0.2, 0.25) is 0 Å². The number of carbonyl (C=O) groups excluding carboxylic acids is 3. The molecule has 0 bridgehead atoms. The number of hydrogen-bond donors (Lipinski definition) is 2. The fourth-order valence-corrected chi connectivity index (χ4v) is 2.83. The molecule has 30 heavy (non-hydrogen) atoms. The zero-order valence-electron chi connectivity index (χ0n) is 15.5. The summed E-state index contributed by atoms with van der Waals surface area (Å²) in [4.78, 5) is 42.9. The summed E-state index contributed by atoms with van der Waals surface area (Å²) in [6.45, 7) is 0.314. The number of phenols is 2. The number of aromatic hydroxyl groups is 2. The van der Waals surface area contributed by atoms with Gasteiger partial charge < -0.3 is 29.2 Å². The first-order valence-corrected chi connectivity index (χ1v) is 8.11. The molecule has 0 atom stereocenters. The van der Waals surface area contributed by atoms with Gasteiger partial charge in [0.25, 0.3) is 0 Å². The van der Waals surface area contributed by atoms with Crippen molar-refractivity contribution in [1.29, 1.82) is 0 Å². The number of carbonyl (C=O) groups is 3. The van der Waals surface area contributed by atoms with E-state index in [1.807, 2.05) is 0 Å². The fourth-order valence-electron chi connectivity index (χ4n) is 2.83. The zero-order chi connectivity index (χ0) is 22.2. The van der Waals surface area contributed by atoms with Crippen LogP contribution in [0.3, 0.4) is 0 Å². The molecule has 0 aromatic heterocycles. The topological polar surface area (TPSA) is 172 Å². The lowest BCUT2D eigenvalue weighted by Gasteiger charge is -2.07. The van der Waals surface area contributed by atoms with Gasteiger partial charge in [0.05, 0.1) is 30.3 Å². The van der Waals surface area contributed by atoms with E-state index < -0.39 is 45.2 Å². The van der Waals surface area contributed by atoms with E-state index in [2.05, 4.69) is 4.74 Å². The molecule has 4 rings (SSSR count). The van der Waals surface area contributed by atoms with Crippen molar-refractivity contribution in [1.82, 2.24) is 0 Å². The molecule has 2 N–H and O–H groups in total. The van der Waals surface area contributed by atoms with Gasteiger partial charge in [-0.3, -0.25) is 10.1 Å². The Morgan fingerprint density at radius 2 is 1.60 bits per heavy atom. The fraction of sp³-hybridized carbons (Fsp3) is 0.167. The molecule has 0 saturated heterocycles. The van der Waals surface area contributed by atoms with Crippen molar-refractivity contribution in [2.45, 2.75) is 6.61 Å². The van der Waals surface area contributed by atoms with Crippen molar-refractivity contribution >= 4 is 23.6 Å². The Hall–Kier alpha value is -4.35. The molecular weight excluding hydrogens is 406 g/mol. The van der Waals surface area contributed by atoms with E-state index in [4.69, 9.17) is 19.3 Å². The maximum atomic E-state index is 11.2. The smallest absolute Gasteiger partial charge is 0.354 e. The number of methoxy groups -OCH3 is 2. The monoisotopic (exact) mass is 419 g/mol. The maximum Gasteiger partial charge on any atom is 0.354 e. The standard InChI is InChI=1S/C10H10O4.C8H3NO7/c1-12-8-3-6-5-14-10(11)7(6)4-9(8)13-2;10-3-1-2-4(8(13)16-7(2)12)5(6(3)11)9(14)15/h3-4H,5H2,1-2H3;1,10-11H. The maximum absolute atomic E-state index is 11.2. The first-order valence-electron chi connectivity index (χ1n) is 8.11. The predicted molar refractivity (Wildman–Crippen MR) is 94.8 cm³/mol. The van der Waals surface area contributed by atoms with Crippen molar-refractivity contribution in [2.24, 2.45) is 0 Å². The van der Waals surface area contributed by atoms with Crippen LogP contribution in [0.4, 0.5) is 5.69 Å². The van der Waals surface area contributed by atoms with Crippen LogP contribution in [0.5, 0.6) is 23.0 Å². The molecule has 0 fully saturated rings. The normalized spacial score (nSPS) is 13.5. The van der Waals surface area contributed by atoms with E-state index in [0.717, 1.165) is 11.6 Å². The third kappa shape index (κ3) is 3.30. The summed E-state index contributed by atoms with van der Waals surface area (Å²) in [6, 6.07) is 4.15. The molecule has 0 aliphatic carbocycles. The minimum Gasteiger partial charge on any atom is -0.504 e. The lowest BCUT2D eigenvalue weighted by molar-refractivity contribution is -0.386. The number of nitro benzene ring substituents is 1. The van der Waals surface area contributed by atoms with E-state index in [-0.39, 0.29) is 5.97 Å². The van der Waals surface area contributed by atoms with E-state index >= 15 is 0 Å². The Morgan fingerprint density at radius 1 is 0.967 bits per heavy atom. The van der Waals surface area contributed by atoms with Crippen LogP contribution in [-0.2, 0) is 16.1 Å². The number of cyclic esters (lactones) is 3. The third-order valence-corrected chi connectivity index (χ3v) is 4.23. The number of esters is 3. The van der Waals surface area contributed by atoms with Gasteiger partial charge in [0.2, 0.25) is 5.75 Å². The molecule has 0 saturated carbocycles. The van der Waals surface area contributed by atoms with Gasteiger partial charge in [0, 0.05) is 5.56 Å². The van der Waals surface area contributed by atoms with Crippen molar-refractivity contribution in [3.05, 3.63) is 50.6 Å². The van der Waals surface area contributed by atoms with Gasteiger partial charge in [-0.2, -0.15) is 0 Å². The number of hydrogen-bond acceptors (Lipinski definition) is 11. The summed E-state index contributed by atoms with van der Waals surface area (Å²) in [5.74, 6) is -3.40. The second kappa shape index (κ2) is 7.58. The second-order valence-corrected chi connectivity index (χ2v) is 5.89. The van der Waals surface area contributed by atoms with Crippen LogP contribution in [0.15, 0.2) is 18.2 Å². The molecule has 0 unspecified atom stereocenters. The van der Waals surface area contributed by atoms with Gasteiger partial charge in [-0.25, -0.2) is 14.4 Å². The number of nitrogens with zero attached hydrogens (tertiary/aromatic N) is 1. The Labute approximate surface area is 167 Å². The highest BCUT2D eigenvalue weighted by Crippen LogP contribution is 2.42. The van der Waals surface area contributed by atoms with Crippen molar-refractivity contribution in [2.75, 3.05) is 14.2 Å². The number of ether oxygens (including phenoxy) is 4. The van der Waals surface area contributed by atoms with Gasteiger partial charge in [-0.15, -0.1) is 0 Å². The lowest BCUT2D eigenvalue weighted by atomic mass is 10.1. The minimum absolute atomic E-state index is 0.305.